The van der Waals surface area contributed by atoms with Crippen molar-refractivity contribution >= 4 is 5.78 Å². The summed E-state index contributed by atoms with van der Waals surface area (Å²) in [5.41, 5.74) is 1.24. The first-order chi connectivity index (χ1) is 11.1. The third kappa shape index (κ3) is 1.99. The first-order valence-corrected chi connectivity index (χ1v) is 8.56. The van der Waals surface area contributed by atoms with E-state index in [9.17, 15) is 13.6 Å². The van der Waals surface area contributed by atoms with Gasteiger partial charge in [0, 0.05) is 6.42 Å². The second-order valence-corrected chi connectivity index (χ2v) is 7.32. The highest BCUT2D eigenvalue weighted by Crippen LogP contribution is 2.61. The molecule has 0 unspecified atom stereocenters. The minimum atomic E-state index is -2.51. The van der Waals surface area contributed by atoms with Gasteiger partial charge in [0.25, 0.3) is 6.43 Å². The summed E-state index contributed by atoms with van der Waals surface area (Å²) in [5.74, 6) is 1.09. The smallest absolute Gasteiger partial charge is 0.251 e. The van der Waals surface area contributed by atoms with Gasteiger partial charge in [-0.15, -0.1) is 0 Å². The van der Waals surface area contributed by atoms with Crippen molar-refractivity contribution in [2.75, 3.05) is 7.11 Å². The number of hydrogen-bond acceptors (Lipinski definition) is 2. The summed E-state index contributed by atoms with van der Waals surface area (Å²) in [4.78, 5) is 12.3. The van der Waals surface area contributed by atoms with Crippen LogP contribution in [-0.2, 0) is 11.2 Å². The van der Waals surface area contributed by atoms with Crippen molar-refractivity contribution in [3.63, 3.8) is 0 Å². The lowest BCUT2D eigenvalue weighted by Gasteiger charge is -2.49. The van der Waals surface area contributed by atoms with E-state index < -0.39 is 11.8 Å². The first-order valence-electron chi connectivity index (χ1n) is 8.56. The number of halogens is 2. The molecular weight excluding hydrogens is 298 g/mol. The number of carbonyl (C=O) groups excluding carboxylic acids is 1. The van der Waals surface area contributed by atoms with Gasteiger partial charge < -0.3 is 4.74 Å². The Morgan fingerprint density at radius 1 is 1.22 bits per heavy atom. The van der Waals surface area contributed by atoms with Crippen LogP contribution in [-0.4, -0.2) is 19.3 Å². The Labute approximate surface area is 135 Å². The molecule has 124 valence electrons. The van der Waals surface area contributed by atoms with Gasteiger partial charge in [-0.2, -0.15) is 0 Å². The van der Waals surface area contributed by atoms with Crippen molar-refractivity contribution in [3.05, 3.63) is 29.3 Å². The van der Waals surface area contributed by atoms with E-state index in [0.29, 0.717) is 31.6 Å². The molecule has 23 heavy (non-hydrogen) atoms. The van der Waals surface area contributed by atoms with Crippen LogP contribution in [0.15, 0.2) is 18.2 Å². The fourth-order valence-electron chi connectivity index (χ4n) is 5.58. The van der Waals surface area contributed by atoms with Crippen LogP contribution in [0.3, 0.4) is 0 Å². The average Bonchev–Trinajstić information content (AvgIpc) is 2.92. The molecule has 0 aliphatic heterocycles. The topological polar surface area (TPSA) is 26.3 Å². The van der Waals surface area contributed by atoms with Gasteiger partial charge in [-0.05, 0) is 73.1 Å². The number of fused-ring (bicyclic) bond motifs is 5. The molecule has 2 saturated carbocycles. The predicted octanol–water partition coefficient (Wildman–Crippen LogP) is 4.37. The lowest BCUT2D eigenvalue weighted by atomic mass is 9.55. The molecule has 0 aromatic heterocycles. The van der Waals surface area contributed by atoms with Crippen LogP contribution in [0.2, 0.25) is 0 Å². The van der Waals surface area contributed by atoms with E-state index in [1.807, 2.05) is 6.07 Å². The standard InChI is InChI=1S/C19H22F2O2/c1-23-12-3-5-13-11(10-12)2-4-15-14(13)8-9-19(18(20)21)16(15)6-7-17(19)22/h3,5,10,14-16,18H,2,4,6-9H2,1H3/t14-,15-,16+,19-/m1/s1. The highest BCUT2D eigenvalue weighted by atomic mass is 19.3. The zero-order valence-corrected chi connectivity index (χ0v) is 13.4. The fraction of sp³-hybridized carbons (Fsp3) is 0.632. The second-order valence-electron chi connectivity index (χ2n) is 7.32. The Kier molecular flexibility index (Phi) is 3.47. The molecule has 0 heterocycles. The Morgan fingerprint density at radius 2 is 2.04 bits per heavy atom. The van der Waals surface area contributed by atoms with Gasteiger partial charge in [0.15, 0.2) is 0 Å². The zero-order valence-electron chi connectivity index (χ0n) is 13.4. The molecule has 0 radical (unpaired) electrons. The Hall–Kier alpha value is -1.45. The van der Waals surface area contributed by atoms with Crippen LogP contribution in [0.5, 0.6) is 5.75 Å². The number of benzene rings is 1. The summed E-state index contributed by atoms with van der Waals surface area (Å²) in [6.45, 7) is 0. The maximum absolute atomic E-state index is 13.8. The molecule has 4 rings (SSSR count). The number of Topliss-reactive ketones (excluding diaryl/α,β-unsaturated/α-hetero) is 1. The third-order valence-electron chi connectivity index (χ3n) is 6.65. The van der Waals surface area contributed by atoms with E-state index in [2.05, 4.69) is 12.1 Å². The number of carbonyl (C=O) groups is 1. The van der Waals surface area contributed by atoms with Crippen LogP contribution in [0.4, 0.5) is 8.78 Å². The van der Waals surface area contributed by atoms with E-state index in [1.54, 1.807) is 7.11 Å². The van der Waals surface area contributed by atoms with Gasteiger partial charge in [0.1, 0.15) is 11.5 Å². The van der Waals surface area contributed by atoms with Crippen LogP contribution in [0.25, 0.3) is 0 Å². The van der Waals surface area contributed by atoms with Crippen molar-refractivity contribution in [2.24, 2.45) is 17.3 Å². The van der Waals surface area contributed by atoms with Crippen LogP contribution in [0, 0.1) is 17.3 Å². The van der Waals surface area contributed by atoms with Crippen LogP contribution >= 0.6 is 0 Å². The molecule has 4 atom stereocenters. The summed E-state index contributed by atoms with van der Waals surface area (Å²) in [6, 6.07) is 6.16. The Balaban J connectivity index is 1.71. The van der Waals surface area contributed by atoms with Gasteiger partial charge >= 0.3 is 0 Å². The van der Waals surface area contributed by atoms with Crippen molar-refractivity contribution < 1.29 is 18.3 Å². The molecule has 3 aliphatic carbocycles. The van der Waals surface area contributed by atoms with E-state index in [1.165, 1.54) is 11.1 Å². The number of methoxy groups -OCH3 is 1. The fourth-order valence-corrected chi connectivity index (χ4v) is 5.58. The summed E-state index contributed by atoms with van der Waals surface area (Å²) >= 11 is 0. The number of rotatable bonds is 2. The number of alkyl halides is 2. The molecule has 2 nitrogen and oxygen atoms in total. The highest BCUT2D eigenvalue weighted by Gasteiger charge is 2.61. The minimum absolute atomic E-state index is 0.135. The summed E-state index contributed by atoms with van der Waals surface area (Å²) in [7, 11) is 1.66. The Bertz CT molecular complexity index is 642. The summed E-state index contributed by atoms with van der Waals surface area (Å²) < 4.78 is 33.0. The maximum Gasteiger partial charge on any atom is 0.251 e. The van der Waals surface area contributed by atoms with E-state index in [-0.39, 0.29) is 17.6 Å². The number of hydrogen-bond donors (Lipinski definition) is 0. The quantitative estimate of drug-likeness (QED) is 0.809. The van der Waals surface area contributed by atoms with Gasteiger partial charge in [-0.25, -0.2) is 8.78 Å². The van der Waals surface area contributed by atoms with E-state index >= 15 is 0 Å². The predicted molar refractivity (Wildman–Crippen MR) is 82.9 cm³/mol. The molecule has 0 amide bonds. The van der Waals surface area contributed by atoms with E-state index in [4.69, 9.17) is 4.74 Å². The molecule has 4 heteroatoms. The SMILES string of the molecule is COc1ccc2c(c1)CC[C@@H]1[C@@H]2CC[C@]2(C(F)F)C(=O)CC[C@@H]12. The van der Waals surface area contributed by atoms with Gasteiger partial charge in [-0.3, -0.25) is 4.79 Å². The Morgan fingerprint density at radius 3 is 2.78 bits per heavy atom. The van der Waals surface area contributed by atoms with Crippen LogP contribution < -0.4 is 4.74 Å². The molecule has 3 aliphatic rings. The van der Waals surface area contributed by atoms with Gasteiger partial charge in [-0.1, -0.05) is 6.07 Å². The van der Waals surface area contributed by atoms with Gasteiger partial charge in [0.2, 0.25) is 0 Å². The molecule has 0 N–H and O–H groups in total. The zero-order chi connectivity index (χ0) is 16.2. The largest absolute Gasteiger partial charge is 0.497 e. The highest BCUT2D eigenvalue weighted by molar-refractivity contribution is 5.88. The van der Waals surface area contributed by atoms with Crippen molar-refractivity contribution in [1.82, 2.24) is 0 Å². The lowest BCUT2D eigenvalue weighted by Crippen LogP contribution is -2.48. The molecular formula is C19H22F2O2. The molecule has 0 bridgehead atoms. The van der Waals surface area contributed by atoms with Crippen molar-refractivity contribution in [2.45, 2.75) is 50.9 Å². The monoisotopic (exact) mass is 320 g/mol. The third-order valence-corrected chi connectivity index (χ3v) is 6.65. The summed E-state index contributed by atoms with van der Waals surface area (Å²) in [6.07, 6.45) is 1.34. The summed E-state index contributed by atoms with van der Waals surface area (Å²) in [5, 5.41) is 0. The van der Waals surface area contributed by atoms with Crippen molar-refractivity contribution in [1.29, 1.82) is 0 Å². The number of ether oxygens (including phenoxy) is 1. The van der Waals surface area contributed by atoms with Crippen molar-refractivity contribution in [3.8, 4) is 5.75 Å². The normalized spacial score (nSPS) is 35.7. The molecule has 1 aromatic carbocycles. The number of aryl methyl sites for hydroxylation is 1. The minimum Gasteiger partial charge on any atom is -0.497 e. The second kappa shape index (κ2) is 5.29. The lowest BCUT2D eigenvalue weighted by molar-refractivity contribution is -0.146. The van der Waals surface area contributed by atoms with E-state index in [0.717, 1.165) is 18.6 Å². The molecule has 2 fully saturated rings. The maximum atomic E-state index is 13.8. The molecule has 0 spiro atoms. The average molecular weight is 320 g/mol. The van der Waals surface area contributed by atoms with Crippen LogP contribution in [0.1, 0.15) is 49.1 Å². The van der Waals surface area contributed by atoms with Gasteiger partial charge in [0.05, 0.1) is 12.5 Å². The molecule has 0 saturated heterocycles. The first kappa shape index (κ1) is 15.1. The molecule has 1 aromatic rings. The number of ketones is 1.